The van der Waals surface area contributed by atoms with Crippen molar-refractivity contribution in [3.63, 3.8) is 0 Å². The highest BCUT2D eigenvalue weighted by molar-refractivity contribution is 5.95. The fourth-order valence-corrected chi connectivity index (χ4v) is 8.09. The number of rotatable bonds is 5. The maximum Gasteiger partial charge on any atom is 0.414 e. The average Bonchev–Trinajstić information content (AvgIpc) is 3.36. The molecule has 5 rings (SSSR count). The number of allylic oxidation sites excluding steroid dienone is 1. The topological polar surface area (TPSA) is 96.3 Å². The van der Waals surface area contributed by atoms with Crippen molar-refractivity contribution in [2.45, 2.75) is 72.4 Å². The van der Waals surface area contributed by atoms with E-state index in [1.165, 1.54) is 4.90 Å². The van der Waals surface area contributed by atoms with E-state index in [1.54, 1.807) is 20.9 Å². The van der Waals surface area contributed by atoms with E-state index in [9.17, 15) is 19.8 Å². The summed E-state index contributed by atoms with van der Waals surface area (Å²) in [5.41, 5.74) is -0.826. The second-order valence-electron chi connectivity index (χ2n) is 13.4. The number of carbonyl (C=O) groups is 2. The van der Waals surface area contributed by atoms with E-state index in [2.05, 4.69) is 20.8 Å². The minimum atomic E-state index is -1.72. The smallest absolute Gasteiger partial charge is 0.414 e. The maximum absolute atomic E-state index is 14.7. The highest BCUT2D eigenvalue weighted by Gasteiger charge is 2.75. The molecule has 7 nitrogen and oxygen atoms in total. The molecule has 8 atom stereocenters. The fraction of sp³-hybridized carbons (Fsp3) is 0.625. The van der Waals surface area contributed by atoms with Gasteiger partial charge >= 0.3 is 6.09 Å². The predicted octanol–water partition coefficient (Wildman–Crippen LogP) is 5.37. The molecule has 2 fully saturated rings. The molecule has 1 amide bonds. The van der Waals surface area contributed by atoms with Crippen molar-refractivity contribution >= 4 is 17.6 Å². The van der Waals surface area contributed by atoms with Crippen LogP contribution in [0, 0.1) is 40.4 Å². The summed E-state index contributed by atoms with van der Waals surface area (Å²) >= 11 is 0. The van der Waals surface area contributed by atoms with Crippen LogP contribution in [0.4, 0.5) is 10.5 Å². The Bertz CT molecular complexity index is 1240. The molecule has 1 aromatic rings. The van der Waals surface area contributed by atoms with Crippen LogP contribution in [0.15, 0.2) is 53.6 Å². The molecular formula is C32H45NO6. The van der Waals surface area contributed by atoms with E-state index in [4.69, 9.17) is 9.47 Å². The molecule has 2 bridgehead atoms. The van der Waals surface area contributed by atoms with Crippen molar-refractivity contribution in [2.24, 2.45) is 40.4 Å². The van der Waals surface area contributed by atoms with Crippen LogP contribution < -0.4 is 4.90 Å². The summed E-state index contributed by atoms with van der Waals surface area (Å²) in [4.78, 5) is 29.6. The molecule has 0 aromatic heterocycles. The molecule has 2 saturated carbocycles. The summed E-state index contributed by atoms with van der Waals surface area (Å²) in [6.45, 7) is 13.4. The summed E-state index contributed by atoms with van der Waals surface area (Å²) in [6.07, 6.45) is 3.10. The van der Waals surface area contributed by atoms with Crippen LogP contribution >= 0.6 is 0 Å². The molecule has 7 heteroatoms. The Labute approximate surface area is 233 Å². The van der Waals surface area contributed by atoms with Crippen LogP contribution in [0.25, 0.3) is 0 Å². The second kappa shape index (κ2) is 9.02. The highest BCUT2D eigenvalue weighted by Crippen LogP contribution is 2.72. The van der Waals surface area contributed by atoms with Gasteiger partial charge in [-0.15, -0.1) is 0 Å². The molecule has 0 unspecified atom stereocenters. The van der Waals surface area contributed by atoms with Gasteiger partial charge in [0.1, 0.15) is 5.60 Å². The molecular weight excluding hydrogens is 494 g/mol. The summed E-state index contributed by atoms with van der Waals surface area (Å²) in [5.74, 6) is -2.00. The van der Waals surface area contributed by atoms with Gasteiger partial charge in [0.25, 0.3) is 0 Å². The van der Waals surface area contributed by atoms with Crippen molar-refractivity contribution in [3.05, 3.63) is 53.6 Å². The normalized spacial score (nSPS) is 38.5. The maximum atomic E-state index is 14.7. The van der Waals surface area contributed by atoms with Crippen molar-refractivity contribution in [2.75, 3.05) is 18.6 Å². The summed E-state index contributed by atoms with van der Waals surface area (Å²) < 4.78 is 11.9. The van der Waals surface area contributed by atoms with Gasteiger partial charge in [-0.2, -0.15) is 0 Å². The zero-order valence-electron chi connectivity index (χ0n) is 24.4. The Morgan fingerprint density at radius 1 is 1.21 bits per heavy atom. The standard InChI is InChI=1S/C32H43NO6.H2/c1-18-16-31-19(2)14-24-25(29(24,4)5)23(26(31)34)15-21(17-38-30(6,7)36)20(3)32(31,37)27(18)39-28(35)33(8)22-12-10-9-11-13-22;/h9-13,15-16,19-20,23-25,27,36-37H,14,17H2,1-8H3;1H/t19-,20-,23+,24-,25+,27+,31+,32+;/m1./s1. The van der Waals surface area contributed by atoms with E-state index in [1.807, 2.05) is 56.3 Å². The number of anilines is 1. The van der Waals surface area contributed by atoms with Crippen LogP contribution in [-0.4, -0.2) is 53.2 Å². The molecule has 0 heterocycles. The lowest BCUT2D eigenvalue weighted by atomic mass is 9.57. The third kappa shape index (κ3) is 4.03. The first-order chi connectivity index (χ1) is 18.1. The van der Waals surface area contributed by atoms with E-state index >= 15 is 0 Å². The largest absolute Gasteiger partial charge is 0.438 e. The minimum Gasteiger partial charge on any atom is -0.438 e. The Balaban J connectivity index is 0.00000370. The quantitative estimate of drug-likeness (QED) is 0.386. The number of fused-ring (bicyclic) bond motifs is 3. The fourth-order valence-electron chi connectivity index (χ4n) is 8.09. The Hall–Kier alpha value is -2.48. The zero-order chi connectivity index (χ0) is 28.7. The number of hydrogen-bond donors (Lipinski definition) is 2. The molecule has 214 valence electrons. The minimum absolute atomic E-state index is 0. The van der Waals surface area contributed by atoms with Gasteiger partial charge in [0.15, 0.2) is 17.7 Å². The molecule has 39 heavy (non-hydrogen) atoms. The van der Waals surface area contributed by atoms with Gasteiger partial charge in [0.2, 0.25) is 0 Å². The summed E-state index contributed by atoms with van der Waals surface area (Å²) in [7, 11) is 1.63. The number of nitrogens with zero attached hydrogens (tertiary/aromatic N) is 1. The van der Waals surface area contributed by atoms with Gasteiger partial charge in [-0.05, 0) is 73.6 Å². The van der Waals surface area contributed by atoms with Crippen molar-refractivity contribution in [1.29, 1.82) is 0 Å². The number of amides is 1. The van der Waals surface area contributed by atoms with E-state index in [0.717, 1.165) is 12.0 Å². The van der Waals surface area contributed by atoms with Crippen LogP contribution in [0.2, 0.25) is 0 Å². The zero-order valence-corrected chi connectivity index (χ0v) is 24.4. The van der Waals surface area contributed by atoms with E-state index in [0.29, 0.717) is 17.2 Å². The average molecular weight is 540 g/mol. The monoisotopic (exact) mass is 539 g/mol. The number of ether oxygens (including phenoxy) is 2. The summed E-state index contributed by atoms with van der Waals surface area (Å²) in [5, 5.41) is 23.3. The van der Waals surface area contributed by atoms with E-state index < -0.39 is 40.8 Å². The number of hydrogen-bond acceptors (Lipinski definition) is 6. The number of para-hydroxylation sites is 1. The van der Waals surface area contributed by atoms with Gasteiger partial charge in [-0.25, -0.2) is 4.79 Å². The first-order valence-corrected chi connectivity index (χ1v) is 14.1. The second-order valence-corrected chi connectivity index (χ2v) is 13.4. The predicted molar refractivity (Wildman–Crippen MR) is 151 cm³/mol. The SMILES string of the molecule is CC1=C[C@]23C(=O)[C@@H](C=C(COC(C)(C)O)[C@@H](C)[C@]2(O)[C@H]1OC(=O)N(C)c1ccccc1)[C@H]1[C@@H](C[C@H]3C)C1(C)C.[HH]. The molecule has 1 aromatic carbocycles. The third-order valence-corrected chi connectivity index (χ3v) is 10.4. The Kier molecular flexibility index (Phi) is 6.49. The highest BCUT2D eigenvalue weighted by atomic mass is 16.6. The summed E-state index contributed by atoms with van der Waals surface area (Å²) in [6, 6.07) is 9.18. The Morgan fingerprint density at radius 3 is 2.46 bits per heavy atom. The van der Waals surface area contributed by atoms with Crippen LogP contribution in [0.1, 0.15) is 56.3 Å². The van der Waals surface area contributed by atoms with Crippen LogP contribution in [0.3, 0.4) is 0 Å². The lowest BCUT2D eigenvalue weighted by molar-refractivity contribution is -0.183. The number of carbonyl (C=O) groups excluding carboxylic acids is 2. The van der Waals surface area contributed by atoms with Gasteiger partial charge in [-0.1, -0.05) is 58.0 Å². The number of aliphatic hydroxyl groups is 2. The first-order valence-electron chi connectivity index (χ1n) is 14.1. The third-order valence-electron chi connectivity index (χ3n) is 10.4. The lowest BCUT2D eigenvalue weighted by Gasteiger charge is -2.50. The van der Waals surface area contributed by atoms with Crippen LogP contribution in [-0.2, 0) is 14.3 Å². The van der Waals surface area contributed by atoms with E-state index in [-0.39, 0.29) is 31.1 Å². The van der Waals surface area contributed by atoms with Gasteiger partial charge in [0, 0.05) is 26.0 Å². The molecule has 4 aliphatic carbocycles. The number of Topliss-reactive ketones (excluding diaryl/α,β-unsaturated/α-hetero) is 1. The van der Waals surface area contributed by atoms with Gasteiger partial charge in [-0.3, -0.25) is 9.69 Å². The van der Waals surface area contributed by atoms with Crippen molar-refractivity contribution in [1.82, 2.24) is 0 Å². The van der Waals surface area contributed by atoms with Crippen molar-refractivity contribution in [3.8, 4) is 0 Å². The molecule has 0 aliphatic heterocycles. The van der Waals surface area contributed by atoms with Crippen LogP contribution in [0.5, 0.6) is 0 Å². The van der Waals surface area contributed by atoms with Crippen molar-refractivity contribution < 1.29 is 30.7 Å². The Morgan fingerprint density at radius 2 is 1.85 bits per heavy atom. The van der Waals surface area contributed by atoms with Gasteiger partial charge in [0.05, 0.1) is 12.0 Å². The molecule has 0 saturated heterocycles. The number of benzene rings is 1. The van der Waals surface area contributed by atoms with Gasteiger partial charge < -0.3 is 19.7 Å². The molecule has 1 spiro atoms. The first kappa shape index (κ1) is 28.1. The number of ketones is 1. The lowest BCUT2D eigenvalue weighted by Crippen LogP contribution is -2.63. The molecule has 0 radical (unpaired) electrons. The molecule has 4 aliphatic rings. The molecule has 2 N–H and O–H groups in total.